The molecule has 1 aromatic rings. The van der Waals surface area contributed by atoms with Crippen LogP contribution in [0.1, 0.15) is 63.5 Å². The smallest absolute Gasteiger partial charge is 0.312 e. The molecule has 1 fully saturated rings. The van der Waals surface area contributed by atoms with Crippen molar-refractivity contribution in [2.45, 2.75) is 70.1 Å². The van der Waals surface area contributed by atoms with Gasteiger partial charge in [0.25, 0.3) is 5.91 Å². The standard InChI is InChI=1S/C20H29N3O4/c1-14(19(25)22-16-11-7-2-3-8-12-16)27-18(24)13-17(23-20(21)26)15-9-5-4-6-10-15/h4-6,9-10,14,16-17H,2-3,7-8,11-13H2,1H3,(H,22,25)(H3,21,23,26)/t14-,17+/m1/s1. The van der Waals surface area contributed by atoms with Crippen LogP contribution < -0.4 is 16.4 Å². The highest BCUT2D eigenvalue weighted by atomic mass is 16.5. The van der Waals surface area contributed by atoms with E-state index in [-0.39, 0.29) is 18.4 Å². The van der Waals surface area contributed by atoms with Crippen LogP contribution in [0.4, 0.5) is 4.79 Å². The molecule has 0 bridgehead atoms. The highest BCUT2D eigenvalue weighted by Crippen LogP contribution is 2.19. The number of benzene rings is 1. The summed E-state index contributed by atoms with van der Waals surface area (Å²) < 4.78 is 5.28. The summed E-state index contributed by atoms with van der Waals surface area (Å²) in [5.74, 6) is -0.851. The second-order valence-electron chi connectivity index (χ2n) is 7.01. The summed E-state index contributed by atoms with van der Waals surface area (Å²) in [5, 5.41) is 5.51. The van der Waals surface area contributed by atoms with Gasteiger partial charge in [0.2, 0.25) is 0 Å². The summed E-state index contributed by atoms with van der Waals surface area (Å²) in [6.07, 6.45) is 5.55. The predicted octanol–water partition coefficient (Wildman–Crippen LogP) is 2.56. The first kappa shape index (κ1) is 20.7. The number of urea groups is 1. The first-order chi connectivity index (χ1) is 13.0. The first-order valence-electron chi connectivity index (χ1n) is 9.56. The van der Waals surface area contributed by atoms with Crippen LogP contribution in [0.25, 0.3) is 0 Å². The number of nitrogens with two attached hydrogens (primary N) is 1. The lowest BCUT2D eigenvalue weighted by Gasteiger charge is -2.21. The van der Waals surface area contributed by atoms with Crippen LogP contribution in [-0.4, -0.2) is 30.1 Å². The average Bonchev–Trinajstić information content (AvgIpc) is 2.90. The van der Waals surface area contributed by atoms with E-state index in [4.69, 9.17) is 10.5 Å². The molecule has 2 rings (SSSR count). The van der Waals surface area contributed by atoms with Crippen LogP contribution >= 0.6 is 0 Å². The molecule has 0 aromatic heterocycles. The molecular formula is C20H29N3O4. The van der Waals surface area contributed by atoms with E-state index in [9.17, 15) is 14.4 Å². The number of esters is 1. The zero-order valence-corrected chi connectivity index (χ0v) is 15.8. The van der Waals surface area contributed by atoms with Gasteiger partial charge < -0.3 is 21.1 Å². The average molecular weight is 375 g/mol. The summed E-state index contributed by atoms with van der Waals surface area (Å²) in [7, 11) is 0. The third-order valence-electron chi connectivity index (χ3n) is 4.77. The summed E-state index contributed by atoms with van der Waals surface area (Å²) in [4.78, 5) is 35.8. The molecule has 7 nitrogen and oxygen atoms in total. The second-order valence-corrected chi connectivity index (χ2v) is 7.01. The van der Waals surface area contributed by atoms with Crippen molar-refractivity contribution in [3.05, 3.63) is 35.9 Å². The number of carbonyl (C=O) groups excluding carboxylic acids is 3. The molecule has 1 aliphatic carbocycles. The van der Waals surface area contributed by atoms with Gasteiger partial charge in [0.15, 0.2) is 6.10 Å². The number of ether oxygens (including phenoxy) is 1. The molecule has 0 spiro atoms. The topological polar surface area (TPSA) is 111 Å². The van der Waals surface area contributed by atoms with Gasteiger partial charge in [-0.1, -0.05) is 56.0 Å². The van der Waals surface area contributed by atoms with Crippen molar-refractivity contribution in [1.29, 1.82) is 0 Å². The molecule has 148 valence electrons. The van der Waals surface area contributed by atoms with Crippen molar-refractivity contribution in [2.75, 3.05) is 0 Å². The summed E-state index contributed by atoms with van der Waals surface area (Å²) in [6.45, 7) is 1.56. The number of rotatable bonds is 7. The molecule has 0 saturated heterocycles. The fraction of sp³-hybridized carbons (Fsp3) is 0.550. The van der Waals surface area contributed by atoms with Gasteiger partial charge in [0.05, 0.1) is 12.5 Å². The molecule has 0 radical (unpaired) electrons. The Labute approximate surface area is 160 Å². The van der Waals surface area contributed by atoms with E-state index in [1.54, 1.807) is 31.2 Å². The fourth-order valence-corrected chi connectivity index (χ4v) is 3.32. The Morgan fingerprint density at radius 3 is 2.33 bits per heavy atom. The number of hydrogen-bond acceptors (Lipinski definition) is 4. The Bertz CT molecular complexity index is 627. The van der Waals surface area contributed by atoms with Crippen LogP contribution in [-0.2, 0) is 14.3 Å². The molecule has 4 N–H and O–H groups in total. The summed E-state index contributed by atoms with van der Waals surface area (Å²) in [5.41, 5.74) is 5.95. The van der Waals surface area contributed by atoms with Crippen molar-refractivity contribution in [1.82, 2.24) is 10.6 Å². The zero-order valence-electron chi connectivity index (χ0n) is 15.8. The van der Waals surface area contributed by atoms with Gasteiger partial charge in [-0.15, -0.1) is 0 Å². The van der Waals surface area contributed by atoms with Gasteiger partial charge in [0, 0.05) is 6.04 Å². The van der Waals surface area contributed by atoms with E-state index >= 15 is 0 Å². The SMILES string of the molecule is C[C@@H](OC(=O)C[C@H](NC(N)=O)c1ccccc1)C(=O)NC1CCCCCC1. The Morgan fingerprint density at radius 1 is 1.11 bits per heavy atom. The minimum atomic E-state index is -0.884. The normalized spacial score (nSPS) is 17.2. The summed E-state index contributed by atoms with van der Waals surface area (Å²) >= 11 is 0. The molecule has 0 heterocycles. The third-order valence-corrected chi connectivity index (χ3v) is 4.77. The van der Waals surface area contributed by atoms with E-state index in [1.165, 1.54) is 12.8 Å². The lowest BCUT2D eigenvalue weighted by molar-refractivity contribution is -0.155. The molecule has 1 aliphatic rings. The monoisotopic (exact) mass is 375 g/mol. The Hall–Kier alpha value is -2.57. The van der Waals surface area contributed by atoms with Crippen molar-refractivity contribution >= 4 is 17.9 Å². The van der Waals surface area contributed by atoms with E-state index in [2.05, 4.69) is 10.6 Å². The van der Waals surface area contributed by atoms with Gasteiger partial charge in [0.1, 0.15) is 0 Å². The first-order valence-corrected chi connectivity index (χ1v) is 9.56. The lowest BCUT2D eigenvalue weighted by Crippen LogP contribution is -2.42. The molecule has 0 aliphatic heterocycles. The maximum atomic E-state index is 12.3. The van der Waals surface area contributed by atoms with Gasteiger partial charge in [-0.05, 0) is 25.3 Å². The second kappa shape index (κ2) is 10.5. The highest BCUT2D eigenvalue weighted by molar-refractivity contribution is 5.84. The molecule has 1 saturated carbocycles. The van der Waals surface area contributed by atoms with Crippen molar-refractivity contribution in [3.8, 4) is 0 Å². The number of nitrogens with one attached hydrogen (secondary N) is 2. The molecule has 0 unspecified atom stereocenters. The van der Waals surface area contributed by atoms with Crippen molar-refractivity contribution in [2.24, 2.45) is 5.73 Å². The van der Waals surface area contributed by atoms with Crippen molar-refractivity contribution in [3.63, 3.8) is 0 Å². The van der Waals surface area contributed by atoms with Gasteiger partial charge in [-0.3, -0.25) is 9.59 Å². The van der Waals surface area contributed by atoms with Crippen molar-refractivity contribution < 1.29 is 19.1 Å². The van der Waals surface area contributed by atoms with Gasteiger partial charge in [-0.2, -0.15) is 0 Å². The summed E-state index contributed by atoms with van der Waals surface area (Å²) in [6, 6.07) is 7.84. The largest absolute Gasteiger partial charge is 0.452 e. The third kappa shape index (κ3) is 7.29. The molecule has 3 amide bonds. The Balaban J connectivity index is 1.87. The predicted molar refractivity (Wildman–Crippen MR) is 102 cm³/mol. The van der Waals surface area contributed by atoms with E-state index in [1.807, 2.05) is 6.07 Å². The van der Waals surface area contributed by atoms with Crippen LogP contribution in [0.5, 0.6) is 0 Å². The van der Waals surface area contributed by atoms with E-state index < -0.39 is 24.1 Å². The maximum absolute atomic E-state index is 12.3. The maximum Gasteiger partial charge on any atom is 0.312 e. The highest BCUT2D eigenvalue weighted by Gasteiger charge is 2.24. The lowest BCUT2D eigenvalue weighted by atomic mass is 10.0. The number of primary amides is 1. The van der Waals surface area contributed by atoms with E-state index in [0.29, 0.717) is 0 Å². The molecule has 1 aromatic carbocycles. The molecule has 2 atom stereocenters. The fourth-order valence-electron chi connectivity index (χ4n) is 3.32. The minimum Gasteiger partial charge on any atom is -0.452 e. The number of carbonyl (C=O) groups is 3. The number of amides is 3. The van der Waals surface area contributed by atoms with Crippen LogP contribution in [0, 0.1) is 0 Å². The Morgan fingerprint density at radius 2 is 1.74 bits per heavy atom. The van der Waals surface area contributed by atoms with Crippen LogP contribution in [0.2, 0.25) is 0 Å². The van der Waals surface area contributed by atoms with Gasteiger partial charge in [-0.25, -0.2) is 4.79 Å². The quantitative estimate of drug-likeness (QED) is 0.502. The minimum absolute atomic E-state index is 0.103. The van der Waals surface area contributed by atoms with Crippen LogP contribution in [0.15, 0.2) is 30.3 Å². The van der Waals surface area contributed by atoms with Gasteiger partial charge >= 0.3 is 12.0 Å². The molecular weight excluding hydrogens is 346 g/mol. The molecule has 27 heavy (non-hydrogen) atoms. The van der Waals surface area contributed by atoms with E-state index in [0.717, 1.165) is 31.2 Å². The zero-order chi connectivity index (χ0) is 19.6. The number of hydrogen-bond donors (Lipinski definition) is 3. The Kier molecular flexibility index (Phi) is 8.10. The van der Waals surface area contributed by atoms with Crippen LogP contribution in [0.3, 0.4) is 0 Å². The molecule has 7 heteroatoms.